The highest BCUT2D eigenvalue weighted by atomic mass is 35.5. The topological polar surface area (TPSA) is 57.4 Å². The Morgan fingerprint density at radius 3 is 2.71 bits per heavy atom. The number of hydrogen-bond donors (Lipinski definition) is 1. The summed E-state index contributed by atoms with van der Waals surface area (Å²) in [7, 11) is 1.51. The van der Waals surface area contributed by atoms with Crippen molar-refractivity contribution in [2.45, 2.75) is 26.7 Å². The summed E-state index contributed by atoms with van der Waals surface area (Å²) in [5.41, 5.74) is 6.19. The van der Waals surface area contributed by atoms with Gasteiger partial charge in [-0.1, -0.05) is 25.4 Å². The molecule has 0 atom stereocenters. The zero-order valence-electron chi connectivity index (χ0n) is 10.5. The monoisotopic (exact) mass is 258 g/mol. The number of ether oxygens (including phenoxy) is 2. The average Bonchev–Trinajstić information content (AvgIpc) is 2.26. The van der Waals surface area contributed by atoms with Crippen LogP contribution in [0, 0.1) is 5.92 Å². The molecular formula is C12H19ClN2O2. The Labute approximate surface area is 107 Å². The molecule has 1 aromatic heterocycles. The van der Waals surface area contributed by atoms with Crippen LogP contribution in [0.4, 0.5) is 5.69 Å². The summed E-state index contributed by atoms with van der Waals surface area (Å²) in [5, 5.41) is 0.388. The third-order valence-electron chi connectivity index (χ3n) is 2.29. The smallest absolute Gasteiger partial charge is 0.240 e. The molecule has 17 heavy (non-hydrogen) atoms. The van der Waals surface area contributed by atoms with E-state index in [9.17, 15) is 0 Å². The van der Waals surface area contributed by atoms with Crippen LogP contribution >= 0.6 is 11.6 Å². The molecule has 0 fully saturated rings. The van der Waals surface area contributed by atoms with Crippen molar-refractivity contribution in [2.24, 2.45) is 5.92 Å². The van der Waals surface area contributed by atoms with Gasteiger partial charge in [0.25, 0.3) is 0 Å². The van der Waals surface area contributed by atoms with Crippen LogP contribution in [0.1, 0.15) is 26.7 Å². The van der Waals surface area contributed by atoms with Crippen LogP contribution in [0.3, 0.4) is 0 Å². The van der Waals surface area contributed by atoms with Gasteiger partial charge in [-0.05, 0) is 24.8 Å². The highest BCUT2D eigenvalue weighted by Gasteiger charge is 2.09. The van der Waals surface area contributed by atoms with E-state index in [1.807, 2.05) is 0 Å². The fourth-order valence-electron chi connectivity index (χ4n) is 1.39. The summed E-state index contributed by atoms with van der Waals surface area (Å²) in [6.07, 6.45) is 2.09. The van der Waals surface area contributed by atoms with E-state index < -0.39 is 0 Å². The van der Waals surface area contributed by atoms with Crippen molar-refractivity contribution < 1.29 is 9.47 Å². The first-order valence-electron chi connectivity index (χ1n) is 5.67. The fraction of sp³-hybridized carbons (Fsp3) is 0.583. The molecule has 2 N–H and O–H groups in total. The quantitative estimate of drug-likeness (QED) is 0.797. The summed E-state index contributed by atoms with van der Waals surface area (Å²) < 4.78 is 10.5. The van der Waals surface area contributed by atoms with E-state index in [0.29, 0.717) is 35.0 Å². The maximum Gasteiger partial charge on any atom is 0.240 e. The van der Waals surface area contributed by atoms with Crippen molar-refractivity contribution in [3.8, 4) is 11.8 Å². The molecule has 1 aromatic rings. The van der Waals surface area contributed by atoms with Crippen LogP contribution in [0.25, 0.3) is 0 Å². The lowest BCUT2D eigenvalue weighted by atomic mass is 10.1. The highest BCUT2D eigenvalue weighted by Crippen LogP contribution is 2.30. The molecule has 0 aliphatic rings. The maximum atomic E-state index is 5.88. The molecule has 1 heterocycles. The predicted molar refractivity (Wildman–Crippen MR) is 69.8 cm³/mol. The molecule has 1 rings (SSSR count). The molecule has 5 heteroatoms. The first-order chi connectivity index (χ1) is 8.04. The third kappa shape index (κ3) is 4.30. The normalized spacial score (nSPS) is 10.6. The molecule has 0 saturated heterocycles. The van der Waals surface area contributed by atoms with Gasteiger partial charge < -0.3 is 15.2 Å². The van der Waals surface area contributed by atoms with Crippen LogP contribution in [-0.4, -0.2) is 18.7 Å². The van der Waals surface area contributed by atoms with Crippen molar-refractivity contribution in [2.75, 3.05) is 19.5 Å². The number of nitrogens with two attached hydrogens (primary N) is 1. The Balaban J connectivity index is 2.58. The number of nitrogens with zero attached hydrogens (tertiary/aromatic N) is 1. The SMILES string of the molecule is COc1nc(OCCCC(C)C)c(N)cc1Cl. The van der Waals surface area contributed by atoms with Gasteiger partial charge in [-0.15, -0.1) is 0 Å². The van der Waals surface area contributed by atoms with Gasteiger partial charge in [0.15, 0.2) is 0 Å². The second-order valence-electron chi connectivity index (χ2n) is 4.26. The van der Waals surface area contributed by atoms with E-state index >= 15 is 0 Å². The number of halogens is 1. The second-order valence-corrected chi connectivity index (χ2v) is 4.67. The van der Waals surface area contributed by atoms with Gasteiger partial charge in [-0.2, -0.15) is 4.98 Å². The standard InChI is InChI=1S/C12H19ClN2O2/c1-8(2)5-4-6-17-12-10(14)7-9(13)11(15-12)16-3/h7-8H,4-6,14H2,1-3H3. The molecular weight excluding hydrogens is 240 g/mol. The Kier molecular flexibility index (Phi) is 5.35. The summed E-state index contributed by atoms with van der Waals surface area (Å²) in [6, 6.07) is 1.59. The maximum absolute atomic E-state index is 5.88. The van der Waals surface area contributed by atoms with Gasteiger partial charge >= 0.3 is 0 Å². The van der Waals surface area contributed by atoms with Crippen LogP contribution < -0.4 is 15.2 Å². The lowest BCUT2D eigenvalue weighted by molar-refractivity contribution is 0.283. The van der Waals surface area contributed by atoms with Gasteiger partial charge in [0.1, 0.15) is 5.02 Å². The van der Waals surface area contributed by atoms with E-state index in [-0.39, 0.29) is 0 Å². The van der Waals surface area contributed by atoms with Crippen LogP contribution in [0.5, 0.6) is 11.8 Å². The first-order valence-corrected chi connectivity index (χ1v) is 6.05. The number of rotatable bonds is 6. The molecule has 0 aliphatic heterocycles. The Bertz CT molecular complexity index is 370. The van der Waals surface area contributed by atoms with E-state index in [4.69, 9.17) is 26.8 Å². The lowest BCUT2D eigenvalue weighted by Gasteiger charge is -2.10. The number of methoxy groups -OCH3 is 1. The van der Waals surface area contributed by atoms with Gasteiger partial charge in [0, 0.05) is 0 Å². The highest BCUT2D eigenvalue weighted by molar-refractivity contribution is 6.32. The number of hydrogen-bond acceptors (Lipinski definition) is 4. The molecule has 0 aliphatic carbocycles. The number of nitrogen functional groups attached to an aromatic ring is 1. The van der Waals surface area contributed by atoms with Crippen molar-refractivity contribution in [3.05, 3.63) is 11.1 Å². The molecule has 0 unspecified atom stereocenters. The Morgan fingerprint density at radius 2 is 2.12 bits per heavy atom. The largest absolute Gasteiger partial charge is 0.480 e. The second kappa shape index (κ2) is 6.55. The van der Waals surface area contributed by atoms with Crippen molar-refractivity contribution in [3.63, 3.8) is 0 Å². The minimum atomic E-state index is 0.333. The van der Waals surface area contributed by atoms with E-state index in [1.54, 1.807) is 6.07 Å². The fourth-order valence-corrected chi connectivity index (χ4v) is 1.63. The predicted octanol–water partition coefficient (Wildman–Crippen LogP) is 3.14. The van der Waals surface area contributed by atoms with Gasteiger partial charge in [-0.25, -0.2) is 0 Å². The zero-order chi connectivity index (χ0) is 12.8. The number of pyridine rings is 1. The van der Waals surface area contributed by atoms with Crippen LogP contribution in [0.15, 0.2) is 6.07 Å². The molecule has 0 amide bonds. The van der Waals surface area contributed by atoms with Gasteiger partial charge in [0.2, 0.25) is 11.8 Å². The van der Waals surface area contributed by atoms with Gasteiger partial charge in [0.05, 0.1) is 19.4 Å². The van der Waals surface area contributed by atoms with E-state index in [2.05, 4.69) is 18.8 Å². The molecule has 96 valence electrons. The third-order valence-corrected chi connectivity index (χ3v) is 2.57. The van der Waals surface area contributed by atoms with E-state index in [1.165, 1.54) is 7.11 Å². The minimum absolute atomic E-state index is 0.333. The Hall–Kier alpha value is -1.16. The molecule has 0 radical (unpaired) electrons. The Morgan fingerprint density at radius 1 is 1.41 bits per heavy atom. The van der Waals surface area contributed by atoms with Gasteiger partial charge in [-0.3, -0.25) is 0 Å². The summed E-state index contributed by atoms with van der Waals surface area (Å²) >= 11 is 5.88. The first kappa shape index (κ1) is 13.9. The van der Waals surface area contributed by atoms with Crippen molar-refractivity contribution in [1.29, 1.82) is 0 Å². The molecule has 0 saturated carbocycles. The summed E-state index contributed by atoms with van der Waals surface area (Å²) in [6.45, 7) is 4.95. The van der Waals surface area contributed by atoms with Crippen molar-refractivity contribution >= 4 is 17.3 Å². The number of anilines is 1. The summed E-state index contributed by atoms with van der Waals surface area (Å²) in [4.78, 5) is 4.11. The van der Waals surface area contributed by atoms with Crippen LogP contribution in [0.2, 0.25) is 5.02 Å². The minimum Gasteiger partial charge on any atom is -0.480 e. The lowest BCUT2D eigenvalue weighted by Crippen LogP contribution is -2.04. The molecule has 4 nitrogen and oxygen atoms in total. The molecule has 0 bridgehead atoms. The van der Waals surface area contributed by atoms with Crippen LogP contribution in [-0.2, 0) is 0 Å². The number of aromatic nitrogens is 1. The zero-order valence-corrected chi connectivity index (χ0v) is 11.3. The average molecular weight is 259 g/mol. The van der Waals surface area contributed by atoms with Crippen molar-refractivity contribution in [1.82, 2.24) is 4.98 Å². The molecule has 0 spiro atoms. The van der Waals surface area contributed by atoms with E-state index in [0.717, 1.165) is 12.8 Å². The summed E-state index contributed by atoms with van der Waals surface area (Å²) in [5.74, 6) is 1.39. The molecule has 0 aromatic carbocycles.